The normalized spacial score (nSPS) is 31.5. The van der Waals surface area contributed by atoms with Crippen LogP contribution in [0.15, 0.2) is 0 Å². The van der Waals surface area contributed by atoms with Gasteiger partial charge in [0.25, 0.3) is 0 Å². The highest BCUT2D eigenvalue weighted by atomic mass is 79.9. The first-order chi connectivity index (χ1) is 6.79. The highest BCUT2D eigenvalue weighted by molar-refractivity contribution is 9.09. The SMILES string of the molecule is CCCCCOC1CC(Br)C1OCC. The largest absolute Gasteiger partial charge is 0.375 e. The summed E-state index contributed by atoms with van der Waals surface area (Å²) in [5, 5.41) is 0. The van der Waals surface area contributed by atoms with E-state index in [0.717, 1.165) is 19.6 Å². The van der Waals surface area contributed by atoms with Crippen LogP contribution >= 0.6 is 15.9 Å². The lowest BCUT2D eigenvalue weighted by atomic mass is 9.91. The van der Waals surface area contributed by atoms with Crippen LogP contribution in [-0.4, -0.2) is 30.2 Å². The van der Waals surface area contributed by atoms with Crippen LogP contribution in [0.3, 0.4) is 0 Å². The van der Waals surface area contributed by atoms with Gasteiger partial charge in [-0.3, -0.25) is 0 Å². The standard InChI is InChI=1S/C11H21BrO2/c1-3-5-6-7-14-10-8-9(12)11(10)13-4-2/h9-11H,3-8H2,1-2H3. The third-order valence-corrected chi connectivity index (χ3v) is 3.51. The molecular formula is C11H21BrO2. The second kappa shape index (κ2) is 6.81. The molecule has 14 heavy (non-hydrogen) atoms. The molecule has 0 bridgehead atoms. The van der Waals surface area contributed by atoms with Gasteiger partial charge in [-0.15, -0.1) is 0 Å². The van der Waals surface area contributed by atoms with E-state index >= 15 is 0 Å². The number of unbranched alkanes of at least 4 members (excludes halogenated alkanes) is 2. The van der Waals surface area contributed by atoms with Crippen molar-refractivity contribution < 1.29 is 9.47 Å². The molecule has 1 aliphatic carbocycles. The van der Waals surface area contributed by atoms with Crippen LogP contribution in [0.25, 0.3) is 0 Å². The molecule has 0 aromatic heterocycles. The molecule has 3 heteroatoms. The van der Waals surface area contributed by atoms with E-state index < -0.39 is 0 Å². The Morgan fingerprint density at radius 1 is 1.21 bits per heavy atom. The number of alkyl halides is 1. The fourth-order valence-electron chi connectivity index (χ4n) is 1.68. The van der Waals surface area contributed by atoms with Crippen molar-refractivity contribution in [1.29, 1.82) is 0 Å². The molecule has 1 fully saturated rings. The molecule has 84 valence electrons. The molecular weight excluding hydrogens is 244 g/mol. The molecule has 0 radical (unpaired) electrons. The molecule has 0 spiro atoms. The van der Waals surface area contributed by atoms with Crippen molar-refractivity contribution in [2.75, 3.05) is 13.2 Å². The van der Waals surface area contributed by atoms with Crippen LogP contribution in [0.2, 0.25) is 0 Å². The molecule has 1 saturated carbocycles. The van der Waals surface area contributed by atoms with Gasteiger partial charge in [-0.1, -0.05) is 35.7 Å². The van der Waals surface area contributed by atoms with Crippen LogP contribution in [0, 0.1) is 0 Å². The van der Waals surface area contributed by atoms with Crippen LogP contribution in [-0.2, 0) is 9.47 Å². The Hall–Kier alpha value is 0.400. The molecule has 0 aliphatic heterocycles. The summed E-state index contributed by atoms with van der Waals surface area (Å²) < 4.78 is 11.3. The van der Waals surface area contributed by atoms with Crippen molar-refractivity contribution in [3.8, 4) is 0 Å². The summed E-state index contributed by atoms with van der Waals surface area (Å²) in [6.45, 7) is 5.91. The minimum atomic E-state index is 0.279. The Bertz CT molecular complexity index is 152. The molecule has 0 aromatic carbocycles. The molecule has 3 unspecified atom stereocenters. The number of rotatable bonds is 7. The third kappa shape index (κ3) is 3.52. The number of ether oxygens (including phenoxy) is 2. The van der Waals surface area contributed by atoms with E-state index in [1.165, 1.54) is 19.3 Å². The quantitative estimate of drug-likeness (QED) is 0.520. The number of hydrogen-bond acceptors (Lipinski definition) is 2. The van der Waals surface area contributed by atoms with E-state index in [1.807, 2.05) is 6.92 Å². The zero-order valence-electron chi connectivity index (χ0n) is 9.17. The van der Waals surface area contributed by atoms with Crippen molar-refractivity contribution in [2.24, 2.45) is 0 Å². The topological polar surface area (TPSA) is 18.5 Å². The van der Waals surface area contributed by atoms with E-state index in [4.69, 9.17) is 9.47 Å². The second-order valence-corrected chi connectivity index (χ2v) is 4.96. The first-order valence-electron chi connectivity index (χ1n) is 5.66. The molecule has 0 N–H and O–H groups in total. The van der Waals surface area contributed by atoms with E-state index in [2.05, 4.69) is 22.9 Å². The zero-order valence-corrected chi connectivity index (χ0v) is 10.8. The zero-order chi connectivity index (χ0) is 10.4. The fourth-order valence-corrected chi connectivity index (χ4v) is 2.54. The maximum atomic E-state index is 5.76. The summed E-state index contributed by atoms with van der Waals surface area (Å²) in [7, 11) is 0. The van der Waals surface area contributed by atoms with Gasteiger partial charge in [-0.2, -0.15) is 0 Å². The van der Waals surface area contributed by atoms with E-state index in [9.17, 15) is 0 Å². The Labute approximate surface area is 95.5 Å². The maximum Gasteiger partial charge on any atom is 0.0962 e. The van der Waals surface area contributed by atoms with Gasteiger partial charge >= 0.3 is 0 Å². The smallest absolute Gasteiger partial charge is 0.0962 e. The fraction of sp³-hybridized carbons (Fsp3) is 1.00. The molecule has 0 aromatic rings. The minimum Gasteiger partial charge on any atom is -0.375 e. The van der Waals surface area contributed by atoms with Gasteiger partial charge in [-0.25, -0.2) is 0 Å². The summed E-state index contributed by atoms with van der Waals surface area (Å²) in [6.07, 6.45) is 5.40. The monoisotopic (exact) mass is 264 g/mol. The van der Waals surface area contributed by atoms with Crippen molar-refractivity contribution in [2.45, 2.75) is 56.6 Å². The Kier molecular flexibility index (Phi) is 6.06. The van der Waals surface area contributed by atoms with Crippen LogP contribution in [0.1, 0.15) is 39.5 Å². The Morgan fingerprint density at radius 3 is 2.57 bits per heavy atom. The minimum absolute atomic E-state index is 0.279. The summed E-state index contributed by atoms with van der Waals surface area (Å²) in [6, 6.07) is 0. The Balaban J connectivity index is 2.06. The van der Waals surface area contributed by atoms with E-state index in [0.29, 0.717) is 10.9 Å². The second-order valence-electron chi connectivity index (χ2n) is 3.79. The van der Waals surface area contributed by atoms with Gasteiger partial charge in [-0.05, 0) is 19.8 Å². The Morgan fingerprint density at radius 2 is 2.00 bits per heavy atom. The predicted molar refractivity (Wildman–Crippen MR) is 62.0 cm³/mol. The maximum absolute atomic E-state index is 5.76. The lowest BCUT2D eigenvalue weighted by Gasteiger charge is -2.40. The van der Waals surface area contributed by atoms with Crippen LogP contribution in [0.5, 0.6) is 0 Å². The molecule has 1 aliphatic rings. The summed E-state index contributed by atoms with van der Waals surface area (Å²) in [5.41, 5.74) is 0. The lowest BCUT2D eigenvalue weighted by Crippen LogP contribution is -2.50. The first-order valence-corrected chi connectivity index (χ1v) is 6.58. The average molecular weight is 265 g/mol. The van der Waals surface area contributed by atoms with Gasteiger partial charge in [0.15, 0.2) is 0 Å². The molecule has 0 saturated heterocycles. The molecule has 1 rings (SSSR count). The van der Waals surface area contributed by atoms with Gasteiger partial charge < -0.3 is 9.47 Å². The van der Waals surface area contributed by atoms with Crippen molar-refractivity contribution in [1.82, 2.24) is 0 Å². The van der Waals surface area contributed by atoms with Crippen LogP contribution < -0.4 is 0 Å². The van der Waals surface area contributed by atoms with Crippen molar-refractivity contribution >= 4 is 15.9 Å². The van der Waals surface area contributed by atoms with Crippen molar-refractivity contribution in [3.63, 3.8) is 0 Å². The molecule has 2 nitrogen and oxygen atoms in total. The molecule has 0 amide bonds. The molecule has 3 atom stereocenters. The van der Waals surface area contributed by atoms with E-state index in [1.54, 1.807) is 0 Å². The van der Waals surface area contributed by atoms with Gasteiger partial charge in [0.2, 0.25) is 0 Å². The summed E-state index contributed by atoms with van der Waals surface area (Å²) in [5.74, 6) is 0. The number of halogens is 1. The van der Waals surface area contributed by atoms with Gasteiger partial charge in [0.05, 0.1) is 12.2 Å². The number of hydrogen-bond donors (Lipinski definition) is 0. The van der Waals surface area contributed by atoms with E-state index in [-0.39, 0.29) is 6.10 Å². The third-order valence-electron chi connectivity index (χ3n) is 2.62. The highest BCUT2D eigenvalue weighted by Crippen LogP contribution is 2.33. The van der Waals surface area contributed by atoms with Crippen molar-refractivity contribution in [3.05, 3.63) is 0 Å². The average Bonchev–Trinajstić information content (AvgIpc) is 2.19. The van der Waals surface area contributed by atoms with Crippen LogP contribution in [0.4, 0.5) is 0 Å². The predicted octanol–water partition coefficient (Wildman–Crippen LogP) is 3.13. The lowest BCUT2D eigenvalue weighted by molar-refractivity contribution is -0.119. The summed E-state index contributed by atoms with van der Waals surface area (Å²) in [4.78, 5) is 0.499. The molecule has 0 heterocycles. The van der Waals surface area contributed by atoms with Gasteiger partial charge in [0, 0.05) is 18.0 Å². The summed E-state index contributed by atoms with van der Waals surface area (Å²) >= 11 is 3.59. The highest BCUT2D eigenvalue weighted by Gasteiger charge is 2.40. The van der Waals surface area contributed by atoms with Gasteiger partial charge in [0.1, 0.15) is 0 Å². The first kappa shape index (κ1) is 12.5.